The third kappa shape index (κ3) is 1.30. The molecule has 0 amide bonds. The van der Waals surface area contributed by atoms with Gasteiger partial charge in [0.2, 0.25) is 0 Å². The first kappa shape index (κ1) is 10.8. The molecule has 1 saturated heterocycles. The van der Waals surface area contributed by atoms with Crippen molar-refractivity contribution in [3.63, 3.8) is 0 Å². The van der Waals surface area contributed by atoms with E-state index < -0.39 is 0 Å². The van der Waals surface area contributed by atoms with E-state index in [4.69, 9.17) is 9.47 Å². The molecule has 3 fully saturated rings. The summed E-state index contributed by atoms with van der Waals surface area (Å²) < 4.78 is 10.8. The molecule has 2 saturated carbocycles. The lowest BCUT2D eigenvalue weighted by Gasteiger charge is -2.29. The maximum absolute atomic E-state index is 11.7. The Morgan fingerprint density at radius 2 is 2.18 bits per heavy atom. The molecule has 17 heavy (non-hydrogen) atoms. The second-order valence-corrected chi connectivity index (χ2v) is 5.50. The van der Waals surface area contributed by atoms with Gasteiger partial charge in [-0.15, -0.1) is 0 Å². The number of carbonyl (C=O) groups excluding carboxylic acids is 2. The normalized spacial score (nSPS) is 45.9. The van der Waals surface area contributed by atoms with Crippen LogP contribution in [0.3, 0.4) is 0 Å². The minimum Gasteiger partial charge on any atom is -0.458 e. The zero-order valence-electron chi connectivity index (χ0n) is 10.0. The summed E-state index contributed by atoms with van der Waals surface area (Å²) >= 11 is 0. The van der Waals surface area contributed by atoms with Crippen molar-refractivity contribution in [3.05, 3.63) is 12.2 Å². The average molecular weight is 236 g/mol. The molecular formula is C13H16O4. The van der Waals surface area contributed by atoms with Crippen LogP contribution in [0, 0.1) is 23.7 Å². The van der Waals surface area contributed by atoms with Crippen LogP contribution >= 0.6 is 0 Å². The van der Waals surface area contributed by atoms with Gasteiger partial charge in [0.1, 0.15) is 12.2 Å². The Bertz CT molecular complexity index is 414. The average Bonchev–Trinajstić information content (AvgIpc) is 2.82. The van der Waals surface area contributed by atoms with Crippen molar-refractivity contribution < 1.29 is 19.1 Å². The Hall–Kier alpha value is -1.32. The van der Waals surface area contributed by atoms with Crippen molar-refractivity contribution in [2.45, 2.75) is 32.5 Å². The van der Waals surface area contributed by atoms with Gasteiger partial charge in [0, 0.05) is 17.4 Å². The Kier molecular flexibility index (Phi) is 2.12. The zero-order valence-corrected chi connectivity index (χ0v) is 10.0. The molecule has 0 aromatic carbocycles. The van der Waals surface area contributed by atoms with Crippen molar-refractivity contribution in [1.82, 2.24) is 0 Å². The molecule has 2 aliphatic carbocycles. The van der Waals surface area contributed by atoms with E-state index in [0.717, 1.165) is 6.42 Å². The molecule has 0 aromatic heterocycles. The van der Waals surface area contributed by atoms with Crippen LogP contribution in [-0.4, -0.2) is 24.1 Å². The van der Waals surface area contributed by atoms with E-state index in [1.165, 1.54) is 0 Å². The van der Waals surface area contributed by atoms with Gasteiger partial charge in [-0.2, -0.15) is 0 Å². The first-order valence-corrected chi connectivity index (χ1v) is 6.07. The molecule has 1 heterocycles. The minimum atomic E-state index is -0.380. The lowest BCUT2D eigenvalue weighted by atomic mass is 9.80. The van der Waals surface area contributed by atoms with Gasteiger partial charge in [-0.1, -0.05) is 13.5 Å². The van der Waals surface area contributed by atoms with E-state index in [0.29, 0.717) is 5.57 Å². The number of esters is 2. The second kappa shape index (κ2) is 3.34. The molecule has 4 nitrogen and oxygen atoms in total. The first-order chi connectivity index (χ1) is 8.00. The van der Waals surface area contributed by atoms with Gasteiger partial charge in [-0.25, -0.2) is 4.79 Å². The third-order valence-corrected chi connectivity index (χ3v) is 4.53. The fourth-order valence-electron chi connectivity index (χ4n) is 3.73. The third-order valence-electron chi connectivity index (χ3n) is 4.53. The molecule has 6 atom stereocenters. The van der Waals surface area contributed by atoms with Gasteiger partial charge < -0.3 is 9.47 Å². The van der Waals surface area contributed by atoms with Gasteiger partial charge in [-0.3, -0.25) is 4.79 Å². The molecule has 92 valence electrons. The smallest absolute Gasteiger partial charge is 0.333 e. The summed E-state index contributed by atoms with van der Waals surface area (Å²) in [6.07, 6.45) is 0.468. The van der Waals surface area contributed by atoms with Crippen molar-refractivity contribution in [2.24, 2.45) is 23.7 Å². The standard InChI is InChI=1S/C13H16O4/c1-5(2)12(14)16-10-7-4-8-9(6(7)3)13(15)17-11(8)10/h6-11H,1,4H2,2-3H3/t6-,7?,8?,9?,10?,11?/m1/s1. The van der Waals surface area contributed by atoms with Crippen molar-refractivity contribution in [2.75, 3.05) is 0 Å². The number of ether oxygens (including phenoxy) is 2. The monoisotopic (exact) mass is 236 g/mol. The summed E-state index contributed by atoms with van der Waals surface area (Å²) in [5.74, 6) is 0.326. The van der Waals surface area contributed by atoms with Crippen molar-refractivity contribution in [1.29, 1.82) is 0 Å². The minimum absolute atomic E-state index is 0.0322. The van der Waals surface area contributed by atoms with Crippen LogP contribution in [0.25, 0.3) is 0 Å². The van der Waals surface area contributed by atoms with Crippen LogP contribution in [-0.2, 0) is 19.1 Å². The van der Waals surface area contributed by atoms with Crippen LogP contribution in [0.2, 0.25) is 0 Å². The topological polar surface area (TPSA) is 52.6 Å². The quantitative estimate of drug-likeness (QED) is 0.535. The molecule has 2 bridgehead atoms. The van der Waals surface area contributed by atoms with Gasteiger partial charge >= 0.3 is 11.9 Å². The number of rotatable bonds is 2. The second-order valence-electron chi connectivity index (χ2n) is 5.50. The Morgan fingerprint density at radius 1 is 1.47 bits per heavy atom. The zero-order chi connectivity index (χ0) is 12.3. The highest BCUT2D eigenvalue weighted by Crippen LogP contribution is 2.58. The molecule has 0 spiro atoms. The number of fused-ring (bicyclic) bond motifs is 1. The highest BCUT2D eigenvalue weighted by molar-refractivity contribution is 5.87. The lowest BCUT2D eigenvalue weighted by molar-refractivity contribution is -0.158. The molecule has 5 unspecified atom stereocenters. The largest absolute Gasteiger partial charge is 0.458 e. The predicted molar refractivity (Wildman–Crippen MR) is 58.8 cm³/mol. The van der Waals surface area contributed by atoms with E-state index in [2.05, 4.69) is 13.5 Å². The fraction of sp³-hybridized carbons (Fsp3) is 0.692. The van der Waals surface area contributed by atoms with Crippen molar-refractivity contribution >= 4 is 11.9 Å². The van der Waals surface area contributed by atoms with Crippen LogP contribution < -0.4 is 0 Å². The molecule has 0 radical (unpaired) electrons. The van der Waals surface area contributed by atoms with E-state index in [-0.39, 0.29) is 47.8 Å². The fourth-order valence-corrected chi connectivity index (χ4v) is 3.73. The van der Waals surface area contributed by atoms with Crippen LogP contribution in [0.1, 0.15) is 20.3 Å². The summed E-state index contributed by atoms with van der Waals surface area (Å²) in [5, 5.41) is 0. The van der Waals surface area contributed by atoms with Crippen LogP contribution in [0.5, 0.6) is 0 Å². The summed E-state index contributed by atoms with van der Waals surface area (Å²) in [5.41, 5.74) is 0.390. The molecule has 3 rings (SSSR count). The molecule has 0 N–H and O–H groups in total. The van der Waals surface area contributed by atoms with E-state index in [9.17, 15) is 9.59 Å². The Morgan fingerprint density at radius 3 is 2.82 bits per heavy atom. The Balaban J connectivity index is 1.83. The number of hydrogen-bond acceptors (Lipinski definition) is 4. The van der Waals surface area contributed by atoms with Gasteiger partial charge in [0.05, 0.1) is 5.92 Å². The van der Waals surface area contributed by atoms with Crippen LogP contribution in [0.15, 0.2) is 12.2 Å². The van der Waals surface area contributed by atoms with Crippen LogP contribution in [0.4, 0.5) is 0 Å². The highest BCUT2D eigenvalue weighted by atomic mass is 16.6. The molecular weight excluding hydrogens is 220 g/mol. The SMILES string of the molecule is C=C(C)C(=O)OC1C2OC(=O)C3C2CC1[C@H]3C. The van der Waals surface area contributed by atoms with Gasteiger partial charge in [0.25, 0.3) is 0 Å². The highest BCUT2D eigenvalue weighted by Gasteiger charge is 2.66. The predicted octanol–water partition coefficient (Wildman–Crippen LogP) is 1.30. The summed E-state index contributed by atoms with van der Waals surface area (Å²) in [6.45, 7) is 7.25. The number of hydrogen-bond donors (Lipinski definition) is 0. The molecule has 4 heteroatoms. The lowest BCUT2D eigenvalue weighted by Crippen LogP contribution is -2.39. The number of carbonyl (C=O) groups is 2. The molecule has 1 aliphatic heterocycles. The molecule has 0 aromatic rings. The maximum atomic E-state index is 11.7. The first-order valence-electron chi connectivity index (χ1n) is 6.07. The summed E-state index contributed by atoms with van der Waals surface area (Å²) in [4.78, 5) is 23.3. The molecule has 3 aliphatic rings. The Labute approximate surface area is 100.0 Å². The van der Waals surface area contributed by atoms with E-state index >= 15 is 0 Å². The van der Waals surface area contributed by atoms with E-state index in [1.54, 1.807) is 6.92 Å². The van der Waals surface area contributed by atoms with Gasteiger partial charge in [-0.05, 0) is 19.3 Å². The van der Waals surface area contributed by atoms with E-state index in [1.807, 2.05) is 0 Å². The van der Waals surface area contributed by atoms with Crippen molar-refractivity contribution in [3.8, 4) is 0 Å². The summed E-state index contributed by atoms with van der Waals surface area (Å²) in [6, 6.07) is 0. The maximum Gasteiger partial charge on any atom is 0.333 e. The summed E-state index contributed by atoms with van der Waals surface area (Å²) in [7, 11) is 0. The van der Waals surface area contributed by atoms with Gasteiger partial charge in [0.15, 0.2) is 0 Å².